The number of nitrogens with one attached hydrogen (secondary N) is 1. The highest BCUT2D eigenvalue weighted by atomic mass is 16.6. The molecule has 0 spiro atoms. The number of ether oxygens (including phenoxy) is 1. The Morgan fingerprint density at radius 2 is 2.28 bits per heavy atom. The van der Waals surface area contributed by atoms with Gasteiger partial charge in [0, 0.05) is 29.5 Å². The van der Waals surface area contributed by atoms with E-state index < -0.39 is 36.2 Å². The molecule has 132 valence electrons. The van der Waals surface area contributed by atoms with Crippen molar-refractivity contribution in [2.24, 2.45) is 0 Å². The van der Waals surface area contributed by atoms with E-state index in [1.54, 1.807) is 23.0 Å². The number of aliphatic hydroxyl groups is 3. The minimum Gasteiger partial charge on any atom is -0.398 e. The molecule has 0 amide bonds. The molecular formula is C16H18N4O5. The molecule has 0 bridgehead atoms. The van der Waals surface area contributed by atoms with Crippen molar-refractivity contribution in [2.75, 3.05) is 17.7 Å². The fourth-order valence-corrected chi connectivity index (χ4v) is 3.46. The fourth-order valence-electron chi connectivity index (χ4n) is 3.46. The van der Waals surface area contributed by atoms with E-state index in [2.05, 4.69) is 10.3 Å². The Hall–Kier alpha value is -2.46. The minimum atomic E-state index is -1.64. The van der Waals surface area contributed by atoms with Crippen LogP contribution in [0.1, 0.15) is 18.8 Å². The van der Waals surface area contributed by atoms with Crippen molar-refractivity contribution in [1.29, 1.82) is 0 Å². The number of nitrogens with two attached hydrogens (primary N) is 1. The monoisotopic (exact) mass is 346 g/mol. The molecule has 0 unspecified atom stereocenters. The van der Waals surface area contributed by atoms with E-state index >= 15 is 0 Å². The van der Waals surface area contributed by atoms with Crippen LogP contribution in [0, 0.1) is 0 Å². The first-order valence-electron chi connectivity index (χ1n) is 7.80. The largest absolute Gasteiger partial charge is 0.398 e. The normalized spacial score (nSPS) is 30.6. The van der Waals surface area contributed by atoms with E-state index in [9.17, 15) is 20.1 Å². The third-order valence-electron chi connectivity index (χ3n) is 4.76. The van der Waals surface area contributed by atoms with E-state index in [0.29, 0.717) is 22.3 Å². The molecule has 0 aromatic carbocycles. The number of aliphatic hydroxyl groups excluding tert-OH is 2. The summed E-state index contributed by atoms with van der Waals surface area (Å²) in [6, 6.07) is 1.23. The number of nitrogens with zero attached hydrogens (tertiary/aromatic N) is 2. The summed E-state index contributed by atoms with van der Waals surface area (Å²) in [5.74, 6) is 0.526. The number of rotatable bonds is 2. The molecule has 0 saturated carbocycles. The van der Waals surface area contributed by atoms with Gasteiger partial charge >= 0.3 is 0 Å². The van der Waals surface area contributed by atoms with Gasteiger partial charge in [0.15, 0.2) is 6.23 Å². The lowest BCUT2D eigenvalue weighted by molar-refractivity contribution is -0.0954. The SMILES string of the molecule is C[C@]1(O)[C@H](O)[C@@H](CO)O[C@H]1n1cc2c(N)cc(=O)nc3c2c1NC=C3. The van der Waals surface area contributed by atoms with Crippen LogP contribution in [-0.2, 0) is 4.74 Å². The Morgan fingerprint density at radius 3 is 2.96 bits per heavy atom. The van der Waals surface area contributed by atoms with Gasteiger partial charge in [0.1, 0.15) is 23.6 Å². The number of hydrogen-bond acceptors (Lipinski definition) is 8. The highest BCUT2D eigenvalue weighted by molar-refractivity contribution is 6.05. The highest BCUT2D eigenvalue weighted by Crippen LogP contribution is 2.43. The van der Waals surface area contributed by atoms with Gasteiger partial charge in [-0.1, -0.05) is 0 Å². The highest BCUT2D eigenvalue weighted by Gasteiger charge is 2.53. The molecule has 2 aromatic heterocycles. The molecule has 9 heteroatoms. The van der Waals surface area contributed by atoms with Gasteiger partial charge in [0.05, 0.1) is 17.7 Å². The van der Waals surface area contributed by atoms with Crippen LogP contribution < -0.4 is 16.6 Å². The molecule has 6 N–H and O–H groups in total. The molecular weight excluding hydrogens is 328 g/mol. The Bertz CT molecular complexity index is 952. The fraction of sp³-hybridized carbons (Fsp3) is 0.375. The summed E-state index contributed by atoms with van der Waals surface area (Å²) in [7, 11) is 0. The van der Waals surface area contributed by atoms with E-state index in [0.717, 1.165) is 0 Å². The third kappa shape index (κ3) is 2.17. The summed E-state index contributed by atoms with van der Waals surface area (Å²) in [4.78, 5) is 15.8. The van der Waals surface area contributed by atoms with Crippen LogP contribution in [0.25, 0.3) is 16.8 Å². The Labute approximate surface area is 142 Å². The molecule has 0 radical (unpaired) electrons. The Morgan fingerprint density at radius 1 is 1.52 bits per heavy atom. The zero-order valence-corrected chi connectivity index (χ0v) is 13.4. The van der Waals surface area contributed by atoms with Crippen LogP contribution in [0.3, 0.4) is 0 Å². The second kappa shape index (κ2) is 5.27. The second-order valence-corrected chi connectivity index (χ2v) is 6.47. The van der Waals surface area contributed by atoms with E-state index in [1.165, 1.54) is 13.0 Å². The van der Waals surface area contributed by atoms with Crippen molar-refractivity contribution in [3.63, 3.8) is 0 Å². The molecule has 2 aromatic rings. The lowest BCUT2D eigenvalue weighted by Gasteiger charge is -2.29. The maximum Gasteiger partial charge on any atom is 0.272 e. The Kier molecular flexibility index (Phi) is 3.38. The summed E-state index contributed by atoms with van der Waals surface area (Å²) < 4.78 is 7.27. The first-order chi connectivity index (χ1) is 11.8. The van der Waals surface area contributed by atoms with Crippen LogP contribution in [-0.4, -0.2) is 49.3 Å². The van der Waals surface area contributed by atoms with Crippen LogP contribution in [0.15, 0.2) is 23.3 Å². The van der Waals surface area contributed by atoms with Crippen molar-refractivity contribution in [3.05, 3.63) is 34.5 Å². The lowest BCUT2D eigenvalue weighted by atomic mass is 9.96. The molecule has 9 nitrogen and oxygen atoms in total. The lowest BCUT2D eigenvalue weighted by Crippen LogP contribution is -2.44. The number of hydrogen-bond donors (Lipinski definition) is 5. The molecule has 1 saturated heterocycles. The maximum absolute atomic E-state index is 11.8. The summed E-state index contributed by atoms with van der Waals surface area (Å²) >= 11 is 0. The molecule has 2 aliphatic heterocycles. The zero-order valence-electron chi connectivity index (χ0n) is 13.4. The van der Waals surface area contributed by atoms with Gasteiger partial charge in [-0.25, -0.2) is 4.98 Å². The van der Waals surface area contributed by atoms with Crippen molar-refractivity contribution >= 4 is 28.4 Å². The summed E-state index contributed by atoms with van der Waals surface area (Å²) in [6.45, 7) is 1.01. The van der Waals surface area contributed by atoms with Crippen molar-refractivity contribution in [3.8, 4) is 0 Å². The smallest absolute Gasteiger partial charge is 0.272 e. The number of aromatic nitrogens is 2. The average Bonchev–Trinajstić information content (AvgIpc) is 3.00. The van der Waals surface area contributed by atoms with Gasteiger partial charge in [0.25, 0.3) is 5.56 Å². The molecule has 25 heavy (non-hydrogen) atoms. The molecule has 4 atom stereocenters. The van der Waals surface area contributed by atoms with Crippen molar-refractivity contribution in [2.45, 2.75) is 31.0 Å². The predicted molar refractivity (Wildman–Crippen MR) is 90.7 cm³/mol. The average molecular weight is 346 g/mol. The maximum atomic E-state index is 11.8. The van der Waals surface area contributed by atoms with Gasteiger partial charge in [-0.3, -0.25) is 4.79 Å². The Balaban J connectivity index is 1.98. The van der Waals surface area contributed by atoms with E-state index in [-0.39, 0.29) is 5.69 Å². The van der Waals surface area contributed by atoms with Gasteiger partial charge in [-0.05, 0) is 13.0 Å². The minimum absolute atomic E-state index is 0.243. The van der Waals surface area contributed by atoms with Crippen LogP contribution in [0.2, 0.25) is 0 Å². The van der Waals surface area contributed by atoms with Gasteiger partial charge in [-0.15, -0.1) is 0 Å². The number of nitrogen functional groups attached to an aromatic ring is 1. The van der Waals surface area contributed by atoms with Crippen molar-refractivity contribution in [1.82, 2.24) is 9.55 Å². The number of anilines is 2. The molecule has 4 rings (SSSR count). The van der Waals surface area contributed by atoms with Gasteiger partial charge in [-0.2, -0.15) is 0 Å². The topological polar surface area (TPSA) is 143 Å². The summed E-state index contributed by atoms with van der Waals surface area (Å²) in [5, 5.41) is 34.5. The molecule has 0 aliphatic carbocycles. The summed E-state index contributed by atoms with van der Waals surface area (Å²) in [5.41, 5.74) is 4.61. The van der Waals surface area contributed by atoms with Gasteiger partial charge < -0.3 is 35.7 Å². The standard InChI is InChI=1S/C16H18N4O5/c1-16(24)13(23)10(6-21)25-15(16)20-5-7-8(17)4-11(22)19-9-2-3-18-14(20)12(7)9/h2-5,10,13,15,18,21,23-24H,6,17H2,1H3/t10-,13-,15-,16+/m1/s1. The van der Waals surface area contributed by atoms with Crippen LogP contribution in [0.4, 0.5) is 11.5 Å². The third-order valence-corrected chi connectivity index (χ3v) is 4.76. The molecule has 1 fully saturated rings. The molecule has 4 heterocycles. The summed E-state index contributed by atoms with van der Waals surface area (Å²) in [6.07, 6.45) is 1.75. The quantitative estimate of drug-likeness (QED) is 0.484. The van der Waals surface area contributed by atoms with Crippen LogP contribution in [0.5, 0.6) is 0 Å². The van der Waals surface area contributed by atoms with Crippen molar-refractivity contribution < 1.29 is 20.1 Å². The van der Waals surface area contributed by atoms with E-state index in [4.69, 9.17) is 10.5 Å². The van der Waals surface area contributed by atoms with Crippen LogP contribution >= 0.6 is 0 Å². The van der Waals surface area contributed by atoms with Gasteiger partial charge in [0.2, 0.25) is 0 Å². The first kappa shape index (κ1) is 16.0. The second-order valence-electron chi connectivity index (χ2n) is 6.47. The molecule has 2 aliphatic rings. The van der Waals surface area contributed by atoms with E-state index in [1.807, 2.05) is 0 Å². The first-order valence-corrected chi connectivity index (χ1v) is 7.80. The predicted octanol–water partition coefficient (Wildman–Crippen LogP) is -0.624. The zero-order chi connectivity index (χ0) is 17.9.